The summed E-state index contributed by atoms with van der Waals surface area (Å²) in [5.74, 6) is -1.28. The van der Waals surface area contributed by atoms with Crippen molar-refractivity contribution in [1.29, 1.82) is 0 Å². The van der Waals surface area contributed by atoms with Gasteiger partial charge in [0.15, 0.2) is 24.0 Å². The highest BCUT2D eigenvalue weighted by Gasteiger charge is 2.47. The highest BCUT2D eigenvalue weighted by molar-refractivity contribution is 6.40. The van der Waals surface area contributed by atoms with Gasteiger partial charge in [-0.05, 0) is 37.3 Å². The lowest BCUT2D eigenvalue weighted by Gasteiger charge is -2.40. The highest BCUT2D eigenvalue weighted by Crippen LogP contribution is 2.47. The Morgan fingerprint density at radius 2 is 1.76 bits per heavy atom. The van der Waals surface area contributed by atoms with E-state index in [1.54, 1.807) is 10.6 Å². The molecular weight excluding hydrogens is 498 g/mol. The molecule has 1 fully saturated rings. The molecule has 0 amide bonds. The van der Waals surface area contributed by atoms with Crippen molar-refractivity contribution in [2.75, 3.05) is 6.61 Å². The Hall–Kier alpha value is -3.70. The number of aromatic amines is 1. The first-order valence-corrected chi connectivity index (χ1v) is 12.2. The molecule has 2 aromatic heterocycles. The number of fused-ring (bicyclic) bond motifs is 10. The average Bonchev–Trinajstić information content (AvgIpc) is 3.51. The molecule has 0 bridgehead atoms. The number of H-pyrrole nitrogens is 1. The Bertz CT molecular complexity index is 1860. The standard InChI is InChI=1S/C28H22F2N2O6/c1-10-2-5-15-13(6-10)20-22-17(35)8-16(34)21(22)19-12-7-11(29)3-4-14(12)31-24(19)25(20)32(15)28-27(37)26(36)23(30)18(9-33)38-28/h2-7,18,23,26-28,31,33,36-37H,8-9H2,1H3/t18-,23-,26+,27-,28-/m1/s1. The van der Waals surface area contributed by atoms with E-state index in [1.807, 2.05) is 19.1 Å². The number of rotatable bonds is 2. The highest BCUT2D eigenvalue weighted by atomic mass is 19.1. The quantitative estimate of drug-likeness (QED) is 0.264. The molecule has 8 nitrogen and oxygen atoms in total. The number of aryl methyl sites for hydroxylation is 1. The van der Waals surface area contributed by atoms with Crippen molar-refractivity contribution in [3.8, 4) is 0 Å². The van der Waals surface area contributed by atoms with E-state index >= 15 is 0 Å². The third-order valence-corrected chi connectivity index (χ3v) is 7.86. The van der Waals surface area contributed by atoms with E-state index in [9.17, 15) is 33.7 Å². The van der Waals surface area contributed by atoms with Crippen LogP contribution in [0.5, 0.6) is 0 Å². The number of hydrogen-bond acceptors (Lipinski definition) is 6. The minimum Gasteiger partial charge on any atom is -0.394 e. The van der Waals surface area contributed by atoms with Gasteiger partial charge in [-0.2, -0.15) is 0 Å². The van der Waals surface area contributed by atoms with Crippen LogP contribution in [0.25, 0.3) is 43.6 Å². The van der Waals surface area contributed by atoms with Crippen LogP contribution in [0.4, 0.5) is 8.78 Å². The normalized spacial score (nSPS) is 25.9. The molecule has 0 unspecified atom stereocenters. The second-order valence-electron chi connectivity index (χ2n) is 10.1. The molecule has 10 heteroatoms. The van der Waals surface area contributed by atoms with Gasteiger partial charge in [0.2, 0.25) is 0 Å². The number of carbonyl (C=O) groups excluding carboxylic acids is 2. The predicted octanol–water partition coefficient (Wildman–Crippen LogP) is 3.60. The van der Waals surface area contributed by atoms with Gasteiger partial charge < -0.3 is 29.6 Å². The topological polar surface area (TPSA) is 125 Å². The summed E-state index contributed by atoms with van der Waals surface area (Å²) in [5.41, 5.74) is 3.08. The van der Waals surface area contributed by atoms with E-state index in [-0.39, 0.29) is 29.1 Å². The van der Waals surface area contributed by atoms with Crippen LogP contribution < -0.4 is 0 Å². The van der Waals surface area contributed by atoms with Gasteiger partial charge in [0, 0.05) is 38.2 Å². The molecule has 38 heavy (non-hydrogen) atoms. The SMILES string of the molecule is Cc1ccc2c(c1)c1c3c(c4c5cc(F)ccc5[nH]c4c1n2[C@@H]1O[C@H](CO)[C@@H](F)[C@H](O)[C@H]1O)C(=O)CC3=O. The summed E-state index contributed by atoms with van der Waals surface area (Å²) in [6.07, 6.45) is -8.71. The second-order valence-corrected chi connectivity index (χ2v) is 10.1. The Morgan fingerprint density at radius 1 is 1.03 bits per heavy atom. The molecule has 0 saturated carbocycles. The zero-order chi connectivity index (χ0) is 26.6. The lowest BCUT2D eigenvalue weighted by atomic mass is 9.96. The molecule has 1 aliphatic heterocycles. The van der Waals surface area contributed by atoms with Gasteiger partial charge in [-0.25, -0.2) is 8.78 Å². The van der Waals surface area contributed by atoms with Crippen LogP contribution in [-0.2, 0) is 4.74 Å². The van der Waals surface area contributed by atoms with Crippen molar-refractivity contribution in [2.24, 2.45) is 0 Å². The zero-order valence-electron chi connectivity index (χ0n) is 20.0. The van der Waals surface area contributed by atoms with Crippen molar-refractivity contribution in [2.45, 2.75) is 44.1 Å². The largest absolute Gasteiger partial charge is 0.394 e. The van der Waals surface area contributed by atoms with E-state index in [0.29, 0.717) is 43.6 Å². The number of carbonyl (C=O) groups is 2. The number of nitrogens with one attached hydrogen (secondary N) is 1. The van der Waals surface area contributed by atoms with Crippen molar-refractivity contribution in [1.82, 2.24) is 9.55 Å². The molecule has 3 heterocycles. The molecule has 7 rings (SSSR count). The third-order valence-electron chi connectivity index (χ3n) is 7.86. The van der Waals surface area contributed by atoms with E-state index in [0.717, 1.165) is 5.56 Å². The van der Waals surface area contributed by atoms with Gasteiger partial charge in [0.25, 0.3) is 0 Å². The summed E-state index contributed by atoms with van der Waals surface area (Å²) in [6, 6.07) is 9.51. The van der Waals surface area contributed by atoms with Crippen molar-refractivity contribution in [3.05, 3.63) is 58.9 Å². The first kappa shape index (κ1) is 23.4. The number of benzene rings is 3. The van der Waals surface area contributed by atoms with Gasteiger partial charge in [0.1, 0.15) is 24.1 Å². The predicted molar refractivity (Wildman–Crippen MR) is 135 cm³/mol. The summed E-state index contributed by atoms with van der Waals surface area (Å²) in [5, 5.41) is 33.1. The summed E-state index contributed by atoms with van der Waals surface area (Å²) >= 11 is 0. The average molecular weight is 520 g/mol. The summed E-state index contributed by atoms with van der Waals surface area (Å²) < 4.78 is 36.4. The molecular formula is C28H22F2N2O6. The Labute approximate surface area is 213 Å². The number of aromatic nitrogens is 2. The number of alkyl halides is 1. The lowest BCUT2D eigenvalue weighted by molar-refractivity contribution is -0.233. The Kier molecular flexibility index (Phi) is 4.87. The number of nitrogens with zero attached hydrogens (tertiary/aromatic N) is 1. The molecule has 0 radical (unpaired) electrons. The van der Waals surface area contributed by atoms with Crippen LogP contribution in [-0.4, -0.2) is 67.5 Å². The first-order chi connectivity index (χ1) is 18.2. The van der Waals surface area contributed by atoms with Gasteiger partial charge in [-0.15, -0.1) is 0 Å². The summed E-state index contributed by atoms with van der Waals surface area (Å²) in [4.78, 5) is 29.7. The van der Waals surface area contributed by atoms with Crippen LogP contribution >= 0.6 is 0 Å². The Balaban J connectivity index is 1.72. The molecule has 5 atom stereocenters. The maximum Gasteiger partial charge on any atom is 0.172 e. The summed E-state index contributed by atoms with van der Waals surface area (Å²) in [6.45, 7) is 1.13. The smallest absolute Gasteiger partial charge is 0.172 e. The number of Topliss-reactive ketones (excluding diaryl/α,β-unsaturated/α-hetero) is 2. The van der Waals surface area contributed by atoms with Gasteiger partial charge in [-0.1, -0.05) is 11.6 Å². The van der Waals surface area contributed by atoms with Gasteiger partial charge >= 0.3 is 0 Å². The number of ketones is 2. The minimum absolute atomic E-state index is 0.199. The number of aliphatic hydroxyl groups is 3. The molecule has 1 saturated heterocycles. The number of hydrogen-bond donors (Lipinski definition) is 4. The Morgan fingerprint density at radius 3 is 2.50 bits per heavy atom. The number of aliphatic hydroxyl groups excluding tert-OH is 3. The van der Waals surface area contributed by atoms with Gasteiger partial charge in [0.05, 0.1) is 29.6 Å². The maximum absolute atomic E-state index is 14.7. The first-order valence-electron chi connectivity index (χ1n) is 12.2. The third kappa shape index (κ3) is 2.91. The minimum atomic E-state index is -2.03. The molecule has 4 N–H and O–H groups in total. The van der Waals surface area contributed by atoms with Crippen molar-refractivity contribution >= 4 is 55.2 Å². The van der Waals surface area contributed by atoms with Crippen LogP contribution in [0.1, 0.15) is 38.9 Å². The van der Waals surface area contributed by atoms with Crippen LogP contribution in [0.2, 0.25) is 0 Å². The number of halogens is 2. The van der Waals surface area contributed by atoms with Crippen molar-refractivity contribution < 1.29 is 38.4 Å². The van der Waals surface area contributed by atoms with E-state index in [1.165, 1.54) is 18.2 Å². The summed E-state index contributed by atoms with van der Waals surface area (Å²) in [7, 11) is 0. The molecule has 194 valence electrons. The van der Waals surface area contributed by atoms with Crippen molar-refractivity contribution in [3.63, 3.8) is 0 Å². The molecule has 3 aromatic carbocycles. The second kappa shape index (κ2) is 7.90. The fraction of sp³-hybridized carbons (Fsp3) is 0.286. The van der Waals surface area contributed by atoms with E-state index in [2.05, 4.69) is 4.98 Å². The fourth-order valence-electron chi connectivity index (χ4n) is 6.19. The molecule has 5 aromatic rings. The molecule has 1 aliphatic carbocycles. The molecule has 0 spiro atoms. The van der Waals surface area contributed by atoms with Crippen LogP contribution in [0, 0.1) is 12.7 Å². The molecule has 2 aliphatic rings. The fourth-order valence-corrected chi connectivity index (χ4v) is 6.19. The van der Waals surface area contributed by atoms with E-state index in [4.69, 9.17) is 4.74 Å². The van der Waals surface area contributed by atoms with Crippen LogP contribution in [0.3, 0.4) is 0 Å². The monoisotopic (exact) mass is 520 g/mol. The maximum atomic E-state index is 14.7. The van der Waals surface area contributed by atoms with Gasteiger partial charge in [-0.3, -0.25) is 9.59 Å². The number of ether oxygens (including phenoxy) is 1. The van der Waals surface area contributed by atoms with E-state index < -0.39 is 43.1 Å². The zero-order valence-corrected chi connectivity index (χ0v) is 20.0. The van der Waals surface area contributed by atoms with Crippen LogP contribution in [0.15, 0.2) is 36.4 Å². The lowest BCUT2D eigenvalue weighted by Crippen LogP contribution is -2.54.